The van der Waals surface area contributed by atoms with Crippen molar-refractivity contribution in [2.24, 2.45) is 0 Å². The van der Waals surface area contributed by atoms with Crippen LogP contribution in [-0.4, -0.2) is 12.5 Å². The maximum absolute atomic E-state index is 13.4. The van der Waals surface area contributed by atoms with Crippen LogP contribution in [0, 0.1) is 11.6 Å². The molecule has 2 aromatic rings. The van der Waals surface area contributed by atoms with Crippen molar-refractivity contribution in [3.05, 3.63) is 59.7 Å². The molecular weight excluding hydrogens is 288 g/mol. The first-order valence-corrected chi connectivity index (χ1v) is 6.93. The summed E-state index contributed by atoms with van der Waals surface area (Å²) in [5, 5.41) is 2.27. The highest BCUT2D eigenvalue weighted by Gasteiger charge is 2.09. The molecule has 1 N–H and O–H groups in total. The van der Waals surface area contributed by atoms with E-state index in [1.165, 1.54) is 5.56 Å². The van der Waals surface area contributed by atoms with E-state index in [0.717, 1.165) is 18.2 Å². The zero-order chi connectivity index (χ0) is 16.1. The van der Waals surface area contributed by atoms with Crippen LogP contribution >= 0.6 is 0 Å². The summed E-state index contributed by atoms with van der Waals surface area (Å²) in [6.07, 6.45) is 0. The van der Waals surface area contributed by atoms with Gasteiger partial charge in [0, 0.05) is 6.07 Å². The number of amides is 1. The van der Waals surface area contributed by atoms with E-state index in [4.69, 9.17) is 4.74 Å². The minimum Gasteiger partial charge on any atom is -0.484 e. The number of hydrogen-bond donors (Lipinski definition) is 1. The molecule has 0 heterocycles. The van der Waals surface area contributed by atoms with E-state index >= 15 is 0 Å². The zero-order valence-corrected chi connectivity index (χ0v) is 12.4. The zero-order valence-electron chi connectivity index (χ0n) is 12.4. The molecule has 0 spiro atoms. The van der Waals surface area contributed by atoms with Crippen molar-refractivity contribution in [1.82, 2.24) is 0 Å². The highest BCUT2D eigenvalue weighted by atomic mass is 19.1. The Morgan fingerprint density at radius 1 is 1.14 bits per heavy atom. The van der Waals surface area contributed by atoms with Gasteiger partial charge in [-0.3, -0.25) is 4.79 Å². The quantitative estimate of drug-likeness (QED) is 0.903. The van der Waals surface area contributed by atoms with E-state index in [9.17, 15) is 13.6 Å². The fraction of sp³-hybridized carbons (Fsp3) is 0.235. The Kier molecular flexibility index (Phi) is 5.09. The topological polar surface area (TPSA) is 38.3 Å². The summed E-state index contributed by atoms with van der Waals surface area (Å²) < 4.78 is 31.7. The first-order valence-electron chi connectivity index (χ1n) is 6.93. The minimum atomic E-state index is -0.698. The molecule has 0 atom stereocenters. The van der Waals surface area contributed by atoms with Gasteiger partial charge >= 0.3 is 0 Å². The van der Waals surface area contributed by atoms with Crippen LogP contribution in [0.15, 0.2) is 42.5 Å². The molecule has 1 amide bonds. The predicted molar refractivity (Wildman–Crippen MR) is 81.0 cm³/mol. The summed E-state index contributed by atoms with van der Waals surface area (Å²) in [5.74, 6) is -0.928. The Hall–Kier alpha value is -2.43. The Morgan fingerprint density at radius 2 is 1.82 bits per heavy atom. The first kappa shape index (κ1) is 15.9. The summed E-state index contributed by atoms with van der Waals surface area (Å²) in [7, 11) is 0. The molecule has 2 aromatic carbocycles. The van der Waals surface area contributed by atoms with Gasteiger partial charge in [-0.15, -0.1) is 0 Å². The van der Waals surface area contributed by atoms with Crippen molar-refractivity contribution in [3.63, 3.8) is 0 Å². The van der Waals surface area contributed by atoms with Crippen molar-refractivity contribution >= 4 is 11.6 Å². The van der Waals surface area contributed by atoms with Gasteiger partial charge in [-0.25, -0.2) is 8.78 Å². The second kappa shape index (κ2) is 7.02. The lowest BCUT2D eigenvalue weighted by Crippen LogP contribution is -2.20. The van der Waals surface area contributed by atoms with Gasteiger partial charge in [0.25, 0.3) is 5.91 Å². The van der Waals surface area contributed by atoms with Crippen LogP contribution in [0.4, 0.5) is 14.5 Å². The normalized spacial score (nSPS) is 10.6. The van der Waals surface area contributed by atoms with Crippen LogP contribution < -0.4 is 10.1 Å². The monoisotopic (exact) mass is 305 g/mol. The molecule has 0 radical (unpaired) electrons. The van der Waals surface area contributed by atoms with Gasteiger partial charge < -0.3 is 10.1 Å². The van der Waals surface area contributed by atoms with Gasteiger partial charge in [-0.05, 0) is 35.7 Å². The predicted octanol–water partition coefficient (Wildman–Crippen LogP) is 4.11. The standard InChI is InChI=1S/C17H17F2NO2/c1-11(2)12-3-6-14(7-4-12)22-10-17(21)20-16-9-13(18)5-8-15(16)19/h3-9,11H,10H2,1-2H3,(H,20,21). The molecule has 116 valence electrons. The molecule has 0 saturated heterocycles. The summed E-state index contributed by atoms with van der Waals surface area (Å²) in [6, 6.07) is 10.2. The molecule has 0 saturated carbocycles. The number of hydrogen-bond acceptors (Lipinski definition) is 2. The third-order valence-electron chi connectivity index (χ3n) is 3.12. The molecule has 3 nitrogen and oxygen atoms in total. The van der Waals surface area contributed by atoms with Crippen LogP contribution in [0.3, 0.4) is 0 Å². The summed E-state index contributed by atoms with van der Waals surface area (Å²) >= 11 is 0. The molecule has 0 aromatic heterocycles. The molecule has 2 rings (SSSR count). The fourth-order valence-electron chi connectivity index (χ4n) is 1.88. The lowest BCUT2D eigenvalue weighted by Gasteiger charge is -2.10. The highest BCUT2D eigenvalue weighted by Crippen LogP contribution is 2.19. The van der Waals surface area contributed by atoms with Crippen molar-refractivity contribution in [1.29, 1.82) is 0 Å². The largest absolute Gasteiger partial charge is 0.484 e. The van der Waals surface area contributed by atoms with Crippen LogP contribution in [0.5, 0.6) is 5.75 Å². The highest BCUT2D eigenvalue weighted by molar-refractivity contribution is 5.91. The number of carbonyl (C=O) groups excluding carboxylic acids is 1. The van der Waals surface area contributed by atoms with Crippen LogP contribution in [0.1, 0.15) is 25.3 Å². The molecule has 0 aliphatic carbocycles. The van der Waals surface area contributed by atoms with E-state index in [1.54, 1.807) is 12.1 Å². The molecule has 0 bridgehead atoms. The number of anilines is 1. The van der Waals surface area contributed by atoms with E-state index < -0.39 is 17.5 Å². The number of carbonyl (C=O) groups is 1. The maximum Gasteiger partial charge on any atom is 0.262 e. The lowest BCUT2D eigenvalue weighted by molar-refractivity contribution is -0.118. The average molecular weight is 305 g/mol. The summed E-state index contributed by atoms with van der Waals surface area (Å²) in [5.41, 5.74) is 0.961. The second-order valence-corrected chi connectivity index (χ2v) is 5.18. The van der Waals surface area contributed by atoms with Crippen molar-refractivity contribution in [2.45, 2.75) is 19.8 Å². The molecule has 0 fully saturated rings. The number of halogens is 2. The molecule has 0 aliphatic heterocycles. The first-order chi connectivity index (χ1) is 10.5. The Morgan fingerprint density at radius 3 is 2.45 bits per heavy atom. The SMILES string of the molecule is CC(C)c1ccc(OCC(=O)Nc2cc(F)ccc2F)cc1. The number of benzene rings is 2. The van der Waals surface area contributed by atoms with Crippen LogP contribution in [0.2, 0.25) is 0 Å². The minimum absolute atomic E-state index is 0.205. The Labute approximate surface area is 127 Å². The van der Waals surface area contributed by atoms with Gasteiger partial charge in [-0.1, -0.05) is 26.0 Å². The third-order valence-corrected chi connectivity index (χ3v) is 3.12. The fourth-order valence-corrected chi connectivity index (χ4v) is 1.88. The van der Waals surface area contributed by atoms with Gasteiger partial charge in [0.15, 0.2) is 6.61 Å². The van der Waals surface area contributed by atoms with Gasteiger partial charge in [0.2, 0.25) is 0 Å². The smallest absolute Gasteiger partial charge is 0.262 e. The van der Waals surface area contributed by atoms with Gasteiger partial charge in [0.1, 0.15) is 17.4 Å². The number of nitrogens with one attached hydrogen (secondary N) is 1. The molecule has 5 heteroatoms. The van der Waals surface area contributed by atoms with Gasteiger partial charge in [0.05, 0.1) is 5.69 Å². The molecule has 0 unspecified atom stereocenters. The Bertz CT molecular complexity index is 654. The van der Waals surface area contributed by atoms with Crippen molar-refractivity contribution in [2.75, 3.05) is 11.9 Å². The van der Waals surface area contributed by atoms with Crippen LogP contribution in [-0.2, 0) is 4.79 Å². The van der Waals surface area contributed by atoms with E-state index in [0.29, 0.717) is 11.7 Å². The van der Waals surface area contributed by atoms with E-state index in [-0.39, 0.29) is 12.3 Å². The summed E-state index contributed by atoms with van der Waals surface area (Å²) in [6.45, 7) is 3.88. The molecular formula is C17H17F2NO2. The van der Waals surface area contributed by atoms with Gasteiger partial charge in [-0.2, -0.15) is 0 Å². The molecule has 22 heavy (non-hydrogen) atoms. The third kappa shape index (κ3) is 4.28. The number of ether oxygens (including phenoxy) is 1. The van der Waals surface area contributed by atoms with Crippen molar-refractivity contribution < 1.29 is 18.3 Å². The van der Waals surface area contributed by atoms with Crippen molar-refractivity contribution in [3.8, 4) is 5.75 Å². The average Bonchev–Trinajstić information content (AvgIpc) is 2.49. The van der Waals surface area contributed by atoms with Crippen LogP contribution in [0.25, 0.3) is 0 Å². The summed E-state index contributed by atoms with van der Waals surface area (Å²) in [4.78, 5) is 11.7. The maximum atomic E-state index is 13.4. The number of rotatable bonds is 5. The van der Waals surface area contributed by atoms with E-state index in [1.807, 2.05) is 12.1 Å². The second-order valence-electron chi connectivity index (χ2n) is 5.18. The van der Waals surface area contributed by atoms with E-state index in [2.05, 4.69) is 19.2 Å². The lowest BCUT2D eigenvalue weighted by atomic mass is 10.0. The Balaban J connectivity index is 1.91. The molecule has 0 aliphatic rings.